The van der Waals surface area contributed by atoms with Crippen LogP contribution in [0.2, 0.25) is 5.28 Å². The van der Waals surface area contributed by atoms with Crippen molar-refractivity contribution in [2.75, 3.05) is 49.2 Å². The van der Waals surface area contributed by atoms with Gasteiger partial charge in [0.1, 0.15) is 11.6 Å². The minimum absolute atomic E-state index is 0.0184. The molecule has 3 heterocycles. The largest absolute Gasteiger partial charge is 0.416 e. The lowest BCUT2D eigenvalue weighted by Gasteiger charge is -2.33. The highest BCUT2D eigenvalue weighted by atomic mass is 35.5. The quantitative estimate of drug-likeness (QED) is 0.441. The fourth-order valence-corrected chi connectivity index (χ4v) is 3.87. The number of nitrogens with one attached hydrogen (secondary N) is 1. The Hall–Kier alpha value is -2.85. The summed E-state index contributed by atoms with van der Waals surface area (Å²) in [5.41, 5.74) is 5.89. The van der Waals surface area contributed by atoms with E-state index in [1.54, 1.807) is 13.1 Å². The Morgan fingerprint density at radius 2 is 1.81 bits per heavy atom. The Labute approximate surface area is 188 Å². The third-order valence-electron chi connectivity index (χ3n) is 5.53. The normalized spacial score (nSPS) is 16.4. The van der Waals surface area contributed by atoms with Gasteiger partial charge in [0.15, 0.2) is 0 Å². The van der Waals surface area contributed by atoms with E-state index in [4.69, 9.17) is 17.3 Å². The van der Waals surface area contributed by atoms with Crippen LogP contribution in [-0.4, -0.2) is 53.1 Å². The van der Waals surface area contributed by atoms with Gasteiger partial charge in [-0.05, 0) is 55.4 Å². The molecule has 2 aromatic heterocycles. The lowest BCUT2D eigenvalue weighted by molar-refractivity contribution is -0.137. The number of fused-ring (bicyclic) bond motifs is 1. The molecule has 0 saturated carbocycles. The summed E-state index contributed by atoms with van der Waals surface area (Å²) in [6.45, 7) is 5.27. The van der Waals surface area contributed by atoms with E-state index in [2.05, 4.69) is 37.1 Å². The second-order valence-electron chi connectivity index (χ2n) is 7.94. The van der Waals surface area contributed by atoms with Gasteiger partial charge >= 0.3 is 6.18 Å². The summed E-state index contributed by atoms with van der Waals surface area (Å²) in [5.74, 6) is 1.21. The zero-order valence-corrected chi connectivity index (χ0v) is 18.4. The van der Waals surface area contributed by atoms with Crippen molar-refractivity contribution in [3.63, 3.8) is 0 Å². The third kappa shape index (κ3) is 4.81. The van der Waals surface area contributed by atoms with Gasteiger partial charge in [-0.3, -0.25) is 0 Å². The minimum Gasteiger partial charge on any atom is -0.399 e. The zero-order valence-electron chi connectivity index (χ0n) is 17.6. The van der Waals surface area contributed by atoms with Crippen LogP contribution in [0.4, 0.5) is 30.5 Å². The standard InChI is InChI=1S/C21H23ClF3N7/c1-12(13-7-14(21(23,24)25)9-15(26)8-13)28-19-16-10-18(32-5-3-31(2)4-6-32)27-11-17(16)29-20(22)30-19/h7-12H,3-6,26H2,1-2H3,(H,28,29,30). The Balaban J connectivity index is 1.68. The van der Waals surface area contributed by atoms with E-state index < -0.39 is 17.8 Å². The van der Waals surface area contributed by atoms with E-state index >= 15 is 0 Å². The first-order valence-corrected chi connectivity index (χ1v) is 10.5. The number of pyridine rings is 1. The predicted octanol–water partition coefficient (Wildman–Crippen LogP) is 4.20. The van der Waals surface area contributed by atoms with Gasteiger partial charge in [0, 0.05) is 37.3 Å². The van der Waals surface area contributed by atoms with Gasteiger partial charge in [-0.15, -0.1) is 0 Å². The average molecular weight is 466 g/mol. The van der Waals surface area contributed by atoms with Crippen molar-refractivity contribution in [1.82, 2.24) is 19.9 Å². The van der Waals surface area contributed by atoms with Gasteiger partial charge in [-0.2, -0.15) is 13.2 Å². The van der Waals surface area contributed by atoms with Crippen LogP contribution >= 0.6 is 11.6 Å². The Bertz CT molecular complexity index is 1130. The van der Waals surface area contributed by atoms with Gasteiger partial charge in [0.2, 0.25) is 5.28 Å². The van der Waals surface area contributed by atoms with E-state index in [0.29, 0.717) is 22.3 Å². The van der Waals surface area contributed by atoms with Crippen molar-refractivity contribution in [1.29, 1.82) is 0 Å². The SMILES string of the molecule is CC(Nc1nc(Cl)nc2cnc(N3CCN(C)CC3)cc12)c1cc(N)cc(C(F)(F)F)c1. The van der Waals surface area contributed by atoms with Crippen LogP contribution in [0.25, 0.3) is 10.9 Å². The molecular weight excluding hydrogens is 443 g/mol. The van der Waals surface area contributed by atoms with E-state index in [1.807, 2.05) is 6.07 Å². The molecule has 4 rings (SSSR count). The number of benzene rings is 1. The first-order chi connectivity index (χ1) is 15.1. The van der Waals surface area contributed by atoms with Crippen LogP contribution in [0.1, 0.15) is 24.1 Å². The van der Waals surface area contributed by atoms with Gasteiger partial charge in [-0.1, -0.05) is 0 Å². The van der Waals surface area contributed by atoms with E-state index in [1.165, 1.54) is 6.07 Å². The van der Waals surface area contributed by atoms with Crippen molar-refractivity contribution >= 4 is 39.8 Å². The molecule has 32 heavy (non-hydrogen) atoms. The predicted molar refractivity (Wildman–Crippen MR) is 120 cm³/mol. The first kappa shape index (κ1) is 22.3. The molecule has 3 aromatic rings. The summed E-state index contributed by atoms with van der Waals surface area (Å²) in [6.07, 6.45) is -2.85. The molecular formula is C21H23ClF3N7. The molecule has 1 aromatic carbocycles. The number of hydrogen-bond acceptors (Lipinski definition) is 7. The number of alkyl halides is 3. The molecule has 0 radical (unpaired) electrons. The number of likely N-dealkylation sites (N-methyl/N-ethyl adjacent to an activating group) is 1. The lowest BCUT2D eigenvalue weighted by Crippen LogP contribution is -2.44. The molecule has 3 N–H and O–H groups in total. The molecule has 1 unspecified atom stereocenters. The zero-order chi connectivity index (χ0) is 23.0. The molecule has 0 bridgehead atoms. The maximum atomic E-state index is 13.2. The number of aromatic nitrogens is 3. The minimum atomic E-state index is -4.49. The fourth-order valence-electron chi connectivity index (χ4n) is 3.69. The molecule has 1 fully saturated rings. The van der Waals surface area contributed by atoms with Crippen LogP contribution in [0, 0.1) is 0 Å². The van der Waals surface area contributed by atoms with E-state index in [0.717, 1.165) is 44.1 Å². The van der Waals surface area contributed by atoms with Crippen LogP contribution in [0.3, 0.4) is 0 Å². The van der Waals surface area contributed by atoms with Crippen molar-refractivity contribution < 1.29 is 13.2 Å². The topological polar surface area (TPSA) is 83.2 Å². The Morgan fingerprint density at radius 1 is 1.09 bits per heavy atom. The van der Waals surface area contributed by atoms with Crippen molar-refractivity contribution in [3.8, 4) is 0 Å². The summed E-state index contributed by atoms with van der Waals surface area (Å²) in [7, 11) is 2.07. The summed E-state index contributed by atoms with van der Waals surface area (Å²) in [6, 6.07) is 4.87. The van der Waals surface area contributed by atoms with Crippen LogP contribution in [0.5, 0.6) is 0 Å². The Kier molecular flexibility index (Phi) is 6.00. The smallest absolute Gasteiger partial charge is 0.399 e. The van der Waals surface area contributed by atoms with E-state index in [9.17, 15) is 13.2 Å². The highest BCUT2D eigenvalue weighted by Crippen LogP contribution is 2.34. The molecule has 0 spiro atoms. The molecule has 1 aliphatic heterocycles. The molecule has 1 aliphatic rings. The molecule has 0 aliphatic carbocycles. The first-order valence-electron chi connectivity index (χ1n) is 10.1. The molecule has 170 valence electrons. The van der Waals surface area contributed by atoms with Gasteiger partial charge in [0.05, 0.1) is 23.3 Å². The average Bonchev–Trinajstić information content (AvgIpc) is 2.73. The number of nitrogens with zero attached hydrogens (tertiary/aromatic N) is 5. The number of rotatable bonds is 4. The Morgan fingerprint density at radius 3 is 2.50 bits per heavy atom. The number of anilines is 3. The van der Waals surface area contributed by atoms with Gasteiger partial charge < -0.3 is 20.9 Å². The van der Waals surface area contributed by atoms with Crippen molar-refractivity contribution in [2.45, 2.75) is 19.1 Å². The van der Waals surface area contributed by atoms with Gasteiger partial charge in [0.25, 0.3) is 0 Å². The summed E-state index contributed by atoms with van der Waals surface area (Å²) >= 11 is 6.09. The monoisotopic (exact) mass is 465 g/mol. The van der Waals surface area contributed by atoms with Crippen LogP contribution in [-0.2, 0) is 6.18 Å². The molecule has 1 saturated heterocycles. The molecule has 7 nitrogen and oxygen atoms in total. The molecule has 11 heteroatoms. The van der Waals surface area contributed by atoms with Gasteiger partial charge in [-0.25, -0.2) is 15.0 Å². The second kappa shape index (κ2) is 8.59. The highest BCUT2D eigenvalue weighted by molar-refractivity contribution is 6.28. The number of hydrogen-bond donors (Lipinski definition) is 2. The summed E-state index contributed by atoms with van der Waals surface area (Å²) in [4.78, 5) is 17.5. The number of nitrogens with two attached hydrogens (primary N) is 1. The second-order valence-corrected chi connectivity index (χ2v) is 8.28. The number of halogens is 4. The summed E-state index contributed by atoms with van der Waals surface area (Å²) in [5, 5.41) is 3.88. The van der Waals surface area contributed by atoms with E-state index in [-0.39, 0.29) is 11.0 Å². The maximum Gasteiger partial charge on any atom is 0.416 e. The lowest BCUT2D eigenvalue weighted by atomic mass is 10.0. The maximum absolute atomic E-state index is 13.2. The molecule has 1 atom stereocenters. The van der Waals surface area contributed by atoms with Crippen LogP contribution in [0.15, 0.2) is 30.5 Å². The van der Waals surface area contributed by atoms with Crippen molar-refractivity contribution in [3.05, 3.63) is 46.9 Å². The van der Waals surface area contributed by atoms with Crippen molar-refractivity contribution in [2.24, 2.45) is 0 Å². The number of nitrogen functional groups attached to an aromatic ring is 1. The number of piperazine rings is 1. The summed E-state index contributed by atoms with van der Waals surface area (Å²) < 4.78 is 39.6. The fraction of sp³-hybridized carbons (Fsp3) is 0.381. The van der Waals surface area contributed by atoms with Crippen LogP contribution < -0.4 is 16.0 Å². The third-order valence-corrected chi connectivity index (χ3v) is 5.69. The molecule has 0 amide bonds. The highest BCUT2D eigenvalue weighted by Gasteiger charge is 2.31.